The molecule has 0 bridgehead atoms. The minimum atomic E-state index is -1.20. The number of esters is 2. The molecule has 0 saturated carbocycles. The van der Waals surface area contributed by atoms with Gasteiger partial charge >= 0.3 is 11.9 Å². The number of benzene rings is 2. The zero-order chi connectivity index (χ0) is 29.3. The Kier molecular flexibility index (Phi) is 8.08. The molecule has 1 atom stereocenters. The van der Waals surface area contributed by atoms with Crippen molar-refractivity contribution in [2.45, 2.75) is 52.6 Å². The zero-order valence-corrected chi connectivity index (χ0v) is 24.4. The first-order chi connectivity index (χ1) is 19.7. The lowest BCUT2D eigenvalue weighted by Crippen LogP contribution is -2.33. The van der Waals surface area contributed by atoms with Crippen molar-refractivity contribution in [3.05, 3.63) is 86.1 Å². The van der Waals surface area contributed by atoms with Crippen LogP contribution in [0.3, 0.4) is 0 Å². The third-order valence-corrected chi connectivity index (χ3v) is 8.59. The standard InChI is InChI=1S/C32H32N2O6S/c1-5-39-31(37)26-23-12-8-9-13-24(23)41-29(26)33-28(35)19(3)40-32(38)27-25(20-16-14-18(2)15-17-20)21-10-6-7-11-22(21)30(36)34(27)4/h6-7,10-11,14-17,19H,5,8-9,12-13H2,1-4H3,(H,33,35). The van der Waals surface area contributed by atoms with Crippen LogP contribution in [0.2, 0.25) is 0 Å². The Morgan fingerprint density at radius 3 is 2.39 bits per heavy atom. The molecule has 0 aliphatic heterocycles. The van der Waals surface area contributed by atoms with E-state index in [1.54, 1.807) is 25.1 Å². The molecule has 0 radical (unpaired) electrons. The number of fused-ring (bicyclic) bond motifs is 2. The van der Waals surface area contributed by atoms with Gasteiger partial charge in [0, 0.05) is 22.9 Å². The molecule has 1 amide bonds. The molecular formula is C32H32N2O6S. The number of aromatic nitrogens is 1. The summed E-state index contributed by atoms with van der Waals surface area (Å²) < 4.78 is 12.2. The molecule has 2 aromatic heterocycles. The normalized spacial score (nSPS) is 13.4. The lowest BCUT2D eigenvalue weighted by molar-refractivity contribution is -0.123. The Morgan fingerprint density at radius 1 is 1.00 bits per heavy atom. The van der Waals surface area contributed by atoms with E-state index in [2.05, 4.69) is 5.32 Å². The number of nitrogens with zero attached hydrogens (tertiary/aromatic N) is 1. The topological polar surface area (TPSA) is 104 Å². The Bertz CT molecular complexity index is 1720. The van der Waals surface area contributed by atoms with E-state index in [1.807, 2.05) is 37.3 Å². The fourth-order valence-electron chi connectivity index (χ4n) is 5.27. The monoisotopic (exact) mass is 572 g/mol. The molecule has 1 unspecified atom stereocenters. The number of carbonyl (C=O) groups is 3. The van der Waals surface area contributed by atoms with Crippen LogP contribution < -0.4 is 10.9 Å². The number of amides is 1. The van der Waals surface area contributed by atoms with Crippen LogP contribution in [-0.2, 0) is 34.2 Å². The van der Waals surface area contributed by atoms with Crippen molar-refractivity contribution in [3.63, 3.8) is 0 Å². The Morgan fingerprint density at radius 2 is 1.68 bits per heavy atom. The maximum absolute atomic E-state index is 13.7. The van der Waals surface area contributed by atoms with Crippen LogP contribution in [-0.4, -0.2) is 35.1 Å². The van der Waals surface area contributed by atoms with E-state index in [0.717, 1.165) is 47.3 Å². The molecule has 0 fully saturated rings. The highest BCUT2D eigenvalue weighted by Gasteiger charge is 2.30. The van der Waals surface area contributed by atoms with Crippen LogP contribution >= 0.6 is 11.3 Å². The summed E-state index contributed by atoms with van der Waals surface area (Å²) in [6.07, 6.45) is 2.36. The lowest BCUT2D eigenvalue weighted by atomic mass is 9.95. The quantitative estimate of drug-likeness (QED) is 0.280. The number of hydrogen-bond donors (Lipinski definition) is 1. The predicted molar refractivity (Wildman–Crippen MR) is 160 cm³/mol. The number of pyridine rings is 1. The van der Waals surface area contributed by atoms with Gasteiger partial charge in [-0.2, -0.15) is 0 Å². The van der Waals surface area contributed by atoms with Crippen LogP contribution in [0.1, 0.15) is 63.5 Å². The first-order valence-corrected chi connectivity index (χ1v) is 14.5. The third kappa shape index (κ3) is 5.41. The second-order valence-electron chi connectivity index (χ2n) is 10.2. The van der Waals surface area contributed by atoms with Crippen molar-refractivity contribution in [1.82, 2.24) is 4.57 Å². The highest BCUT2D eigenvalue weighted by atomic mass is 32.1. The molecule has 5 rings (SSSR count). The van der Waals surface area contributed by atoms with Gasteiger partial charge in [-0.15, -0.1) is 11.3 Å². The van der Waals surface area contributed by atoms with E-state index in [0.29, 0.717) is 26.9 Å². The van der Waals surface area contributed by atoms with Gasteiger partial charge in [0.05, 0.1) is 12.2 Å². The molecule has 1 aliphatic rings. The first kappa shape index (κ1) is 28.3. The maximum Gasteiger partial charge on any atom is 0.356 e. The molecular weight excluding hydrogens is 540 g/mol. The summed E-state index contributed by atoms with van der Waals surface area (Å²) >= 11 is 1.37. The summed E-state index contributed by atoms with van der Waals surface area (Å²) in [6.45, 7) is 5.39. The number of ether oxygens (including phenoxy) is 2. The van der Waals surface area contributed by atoms with Gasteiger partial charge in [0.1, 0.15) is 10.7 Å². The number of nitrogens with one attached hydrogen (secondary N) is 1. The summed E-state index contributed by atoms with van der Waals surface area (Å²) in [5.74, 6) is -1.85. The minimum Gasteiger partial charge on any atom is -0.462 e. The second kappa shape index (κ2) is 11.7. The molecule has 1 N–H and O–H groups in total. The SMILES string of the molecule is CCOC(=O)c1c(NC(=O)C(C)OC(=O)c2c(-c3ccc(C)cc3)c3ccccc3c(=O)n2C)sc2c1CCCC2. The van der Waals surface area contributed by atoms with Crippen LogP contribution in [0, 0.1) is 6.92 Å². The molecule has 2 aromatic carbocycles. The third-order valence-electron chi connectivity index (χ3n) is 7.38. The van der Waals surface area contributed by atoms with Gasteiger partial charge < -0.3 is 19.4 Å². The number of hydrogen-bond acceptors (Lipinski definition) is 7. The van der Waals surface area contributed by atoms with Crippen LogP contribution in [0.5, 0.6) is 0 Å². The number of anilines is 1. The van der Waals surface area contributed by atoms with Crippen LogP contribution in [0.25, 0.3) is 21.9 Å². The highest BCUT2D eigenvalue weighted by Crippen LogP contribution is 2.39. The lowest BCUT2D eigenvalue weighted by Gasteiger charge is -2.19. The van der Waals surface area contributed by atoms with E-state index >= 15 is 0 Å². The summed E-state index contributed by atoms with van der Waals surface area (Å²) in [5.41, 5.74) is 3.37. The molecule has 9 heteroatoms. The smallest absolute Gasteiger partial charge is 0.356 e. The number of aryl methyl sites for hydroxylation is 2. The zero-order valence-electron chi connectivity index (χ0n) is 23.5. The van der Waals surface area contributed by atoms with E-state index in [4.69, 9.17) is 9.47 Å². The molecule has 8 nitrogen and oxygen atoms in total. The average Bonchev–Trinajstić information content (AvgIpc) is 3.33. The Hall–Kier alpha value is -4.24. The summed E-state index contributed by atoms with van der Waals surface area (Å²) in [4.78, 5) is 54.1. The van der Waals surface area contributed by atoms with Gasteiger partial charge in [0.15, 0.2) is 6.10 Å². The summed E-state index contributed by atoms with van der Waals surface area (Å²) in [5, 5.41) is 4.30. The van der Waals surface area contributed by atoms with Gasteiger partial charge in [0.25, 0.3) is 11.5 Å². The number of thiophene rings is 1. The van der Waals surface area contributed by atoms with E-state index in [1.165, 1.54) is 29.9 Å². The number of carbonyl (C=O) groups excluding carboxylic acids is 3. The van der Waals surface area contributed by atoms with Crippen molar-refractivity contribution < 1.29 is 23.9 Å². The minimum absolute atomic E-state index is 0.0519. The molecule has 41 heavy (non-hydrogen) atoms. The summed E-state index contributed by atoms with van der Waals surface area (Å²) in [6, 6.07) is 14.8. The molecule has 0 saturated heterocycles. The number of rotatable bonds is 7. The fourth-order valence-corrected chi connectivity index (χ4v) is 6.55. The fraction of sp³-hybridized carbons (Fsp3) is 0.312. The van der Waals surface area contributed by atoms with E-state index in [9.17, 15) is 19.2 Å². The van der Waals surface area contributed by atoms with Gasteiger partial charge in [-0.25, -0.2) is 9.59 Å². The van der Waals surface area contributed by atoms with Gasteiger partial charge in [-0.3, -0.25) is 9.59 Å². The predicted octanol–water partition coefficient (Wildman–Crippen LogP) is 5.81. The van der Waals surface area contributed by atoms with Crippen molar-refractivity contribution >= 4 is 45.0 Å². The Labute approximate surface area is 241 Å². The largest absolute Gasteiger partial charge is 0.462 e. The second-order valence-corrected chi connectivity index (χ2v) is 11.3. The highest BCUT2D eigenvalue weighted by molar-refractivity contribution is 7.17. The van der Waals surface area contributed by atoms with Gasteiger partial charge in [-0.1, -0.05) is 48.0 Å². The molecule has 4 aromatic rings. The molecule has 2 heterocycles. The molecule has 0 spiro atoms. The first-order valence-electron chi connectivity index (χ1n) is 13.7. The van der Waals surface area contributed by atoms with Crippen molar-refractivity contribution in [2.75, 3.05) is 11.9 Å². The van der Waals surface area contributed by atoms with Crippen molar-refractivity contribution in [2.24, 2.45) is 7.05 Å². The van der Waals surface area contributed by atoms with Gasteiger partial charge in [-0.05, 0) is 69.0 Å². The van der Waals surface area contributed by atoms with E-state index < -0.39 is 23.9 Å². The average molecular weight is 573 g/mol. The van der Waals surface area contributed by atoms with Gasteiger partial charge in [0.2, 0.25) is 0 Å². The van der Waals surface area contributed by atoms with Crippen molar-refractivity contribution in [3.8, 4) is 11.1 Å². The van der Waals surface area contributed by atoms with E-state index in [-0.39, 0.29) is 17.9 Å². The maximum atomic E-state index is 13.7. The Balaban J connectivity index is 1.48. The van der Waals surface area contributed by atoms with Crippen LogP contribution in [0.4, 0.5) is 5.00 Å². The molecule has 212 valence electrons. The molecule has 1 aliphatic carbocycles. The van der Waals surface area contributed by atoms with Crippen molar-refractivity contribution in [1.29, 1.82) is 0 Å². The summed E-state index contributed by atoms with van der Waals surface area (Å²) in [7, 11) is 1.52. The van der Waals surface area contributed by atoms with Crippen LogP contribution in [0.15, 0.2) is 53.3 Å².